The smallest absolute Gasteiger partial charge is 0.319 e. The summed E-state index contributed by atoms with van der Waals surface area (Å²) in [5.41, 5.74) is 1.60. The van der Waals surface area contributed by atoms with Crippen molar-refractivity contribution >= 4 is 34.1 Å². The highest BCUT2D eigenvalue weighted by atomic mass is 16.5. The van der Waals surface area contributed by atoms with E-state index in [0.717, 1.165) is 11.1 Å². The second kappa shape index (κ2) is 11.9. The molecule has 3 rings (SSSR count). The van der Waals surface area contributed by atoms with Crippen LogP contribution >= 0.6 is 0 Å². The number of hydrogen-bond acceptors (Lipinski definition) is 8. The average molecular weight is 479 g/mol. The molecule has 35 heavy (non-hydrogen) atoms. The summed E-state index contributed by atoms with van der Waals surface area (Å²) >= 11 is 0. The number of nitrogens with zero attached hydrogens (tertiary/aromatic N) is 3. The molecule has 10 heteroatoms. The molecule has 0 aliphatic carbocycles. The molecule has 184 valence electrons. The summed E-state index contributed by atoms with van der Waals surface area (Å²) in [4.78, 5) is 20.9. The number of rotatable bonds is 11. The third kappa shape index (κ3) is 7.19. The molecule has 2 aromatic carbocycles. The molecule has 0 bridgehead atoms. The number of methoxy groups -OCH3 is 2. The summed E-state index contributed by atoms with van der Waals surface area (Å²) in [6.45, 7) is 4.98. The largest absolute Gasteiger partial charge is 0.496 e. The van der Waals surface area contributed by atoms with Crippen LogP contribution in [0, 0.1) is 16.7 Å². The molecule has 0 aliphatic rings. The molecule has 3 N–H and O–H groups in total. The Labute approximate surface area is 204 Å². The number of benzene rings is 2. The van der Waals surface area contributed by atoms with Crippen molar-refractivity contribution in [3.63, 3.8) is 0 Å². The van der Waals surface area contributed by atoms with Gasteiger partial charge < -0.3 is 30.2 Å². The molecular formula is C25H30N6O4. The zero-order chi connectivity index (χ0) is 25.3. The molecule has 1 aromatic heterocycles. The van der Waals surface area contributed by atoms with Gasteiger partial charge in [0.1, 0.15) is 30.3 Å². The van der Waals surface area contributed by atoms with Gasteiger partial charge in [-0.25, -0.2) is 14.8 Å². The van der Waals surface area contributed by atoms with Crippen LogP contribution in [-0.4, -0.2) is 50.0 Å². The van der Waals surface area contributed by atoms with Crippen molar-refractivity contribution in [3.8, 4) is 17.6 Å². The number of carbonyl (C=O) groups excluding carboxylic acids is 1. The van der Waals surface area contributed by atoms with Gasteiger partial charge in [0.25, 0.3) is 0 Å². The van der Waals surface area contributed by atoms with Gasteiger partial charge in [0.05, 0.1) is 36.1 Å². The summed E-state index contributed by atoms with van der Waals surface area (Å²) in [5, 5.41) is 18.6. The second-order valence-electron chi connectivity index (χ2n) is 8.41. The Bertz CT molecular complexity index is 1190. The first-order chi connectivity index (χ1) is 16.8. The Kier molecular flexibility index (Phi) is 8.64. The number of hydrogen-bond donors (Lipinski definition) is 3. The van der Waals surface area contributed by atoms with Crippen LogP contribution in [0.25, 0.3) is 10.9 Å². The zero-order valence-corrected chi connectivity index (χ0v) is 20.3. The van der Waals surface area contributed by atoms with Crippen LogP contribution in [0.5, 0.6) is 11.5 Å². The fourth-order valence-electron chi connectivity index (χ4n) is 3.20. The quantitative estimate of drug-likeness (QED) is 0.344. The van der Waals surface area contributed by atoms with Crippen molar-refractivity contribution in [2.75, 3.05) is 44.6 Å². The van der Waals surface area contributed by atoms with Crippen LogP contribution in [0.2, 0.25) is 0 Å². The first-order valence-electron chi connectivity index (χ1n) is 11.1. The topological polar surface area (TPSA) is 130 Å². The van der Waals surface area contributed by atoms with Crippen LogP contribution in [0.1, 0.15) is 20.3 Å². The minimum absolute atomic E-state index is 0.325. The Hall–Kier alpha value is -4.10. The zero-order valence-electron chi connectivity index (χ0n) is 20.3. The number of nitriles is 1. The summed E-state index contributed by atoms with van der Waals surface area (Å²) in [6, 6.07) is 12.7. The molecule has 0 atom stereocenters. The molecule has 3 aromatic rings. The lowest BCUT2D eigenvalue weighted by Gasteiger charge is -2.15. The highest BCUT2D eigenvalue weighted by Crippen LogP contribution is 2.35. The summed E-state index contributed by atoms with van der Waals surface area (Å²) in [5.74, 6) is 1.78. The van der Waals surface area contributed by atoms with E-state index < -0.39 is 5.41 Å². The van der Waals surface area contributed by atoms with Gasteiger partial charge in [-0.15, -0.1) is 0 Å². The number of anilines is 3. The molecule has 0 saturated heterocycles. The van der Waals surface area contributed by atoms with Gasteiger partial charge in [0.2, 0.25) is 0 Å². The molecule has 0 spiro atoms. The molecule has 2 amide bonds. The van der Waals surface area contributed by atoms with Crippen molar-refractivity contribution in [2.45, 2.75) is 20.3 Å². The molecule has 1 heterocycles. The maximum Gasteiger partial charge on any atom is 0.319 e. The van der Waals surface area contributed by atoms with Crippen molar-refractivity contribution in [1.82, 2.24) is 15.3 Å². The molecule has 0 aliphatic heterocycles. The highest BCUT2D eigenvalue weighted by Gasteiger charge is 2.16. The Balaban J connectivity index is 1.68. The maximum atomic E-state index is 12.1. The first-order valence-corrected chi connectivity index (χ1v) is 11.1. The number of nitrogens with one attached hydrogen (secondary N) is 3. The number of aromatic nitrogens is 2. The summed E-state index contributed by atoms with van der Waals surface area (Å²) in [7, 11) is 3.20. The van der Waals surface area contributed by atoms with Gasteiger partial charge in [-0.05, 0) is 44.5 Å². The van der Waals surface area contributed by atoms with Gasteiger partial charge in [0, 0.05) is 37.2 Å². The van der Waals surface area contributed by atoms with Crippen LogP contribution in [0.4, 0.5) is 22.0 Å². The number of amides is 2. The lowest BCUT2D eigenvalue weighted by Crippen LogP contribution is -2.31. The number of ether oxygens (including phenoxy) is 3. The second-order valence-corrected chi connectivity index (χ2v) is 8.41. The number of carbonyl (C=O) groups is 1. The molecular weight excluding hydrogens is 448 g/mol. The van der Waals surface area contributed by atoms with E-state index in [1.54, 1.807) is 32.4 Å². The molecule has 10 nitrogen and oxygen atoms in total. The van der Waals surface area contributed by atoms with E-state index >= 15 is 0 Å². The minimum Gasteiger partial charge on any atom is -0.496 e. The van der Waals surface area contributed by atoms with Crippen LogP contribution in [-0.2, 0) is 4.74 Å². The van der Waals surface area contributed by atoms with E-state index in [9.17, 15) is 4.79 Å². The third-order valence-electron chi connectivity index (χ3n) is 5.20. The fraction of sp³-hybridized carbons (Fsp3) is 0.360. The Morgan fingerprint density at radius 1 is 1.09 bits per heavy atom. The lowest BCUT2D eigenvalue weighted by atomic mass is 9.92. The van der Waals surface area contributed by atoms with Gasteiger partial charge in [-0.1, -0.05) is 0 Å². The van der Waals surface area contributed by atoms with E-state index in [2.05, 4.69) is 32.0 Å². The monoisotopic (exact) mass is 478 g/mol. The Morgan fingerprint density at radius 2 is 1.83 bits per heavy atom. The predicted octanol–water partition coefficient (Wildman–Crippen LogP) is 4.47. The van der Waals surface area contributed by atoms with Gasteiger partial charge in [-0.2, -0.15) is 5.26 Å². The molecule has 0 radical (unpaired) electrons. The normalized spacial score (nSPS) is 10.9. The van der Waals surface area contributed by atoms with Crippen molar-refractivity contribution in [2.24, 2.45) is 5.41 Å². The molecule has 0 fully saturated rings. The van der Waals surface area contributed by atoms with Crippen molar-refractivity contribution in [1.29, 1.82) is 5.26 Å². The van der Waals surface area contributed by atoms with E-state index in [1.165, 1.54) is 6.33 Å². The van der Waals surface area contributed by atoms with Crippen molar-refractivity contribution in [3.05, 3.63) is 42.7 Å². The SMILES string of the molecule is COCCOc1cc(OC)c2c(Nc3ccc(NC(=O)NCCC(C)(C)C#N)cc3)ncnc2c1. The van der Waals surface area contributed by atoms with Crippen molar-refractivity contribution < 1.29 is 19.0 Å². The van der Waals surface area contributed by atoms with Gasteiger partial charge in [0.15, 0.2) is 0 Å². The molecule has 0 unspecified atom stereocenters. The minimum atomic E-state index is -0.479. The van der Waals surface area contributed by atoms with E-state index in [-0.39, 0.29) is 6.03 Å². The highest BCUT2D eigenvalue weighted by molar-refractivity contribution is 5.97. The Morgan fingerprint density at radius 3 is 2.51 bits per heavy atom. The van der Waals surface area contributed by atoms with Crippen LogP contribution in [0.15, 0.2) is 42.7 Å². The maximum absolute atomic E-state index is 12.1. The number of fused-ring (bicyclic) bond motifs is 1. The summed E-state index contributed by atoms with van der Waals surface area (Å²) < 4.78 is 16.3. The predicted molar refractivity (Wildman–Crippen MR) is 134 cm³/mol. The van der Waals surface area contributed by atoms with E-state index in [0.29, 0.717) is 54.7 Å². The lowest BCUT2D eigenvalue weighted by molar-refractivity contribution is 0.146. The van der Waals surface area contributed by atoms with E-state index in [4.69, 9.17) is 19.5 Å². The first kappa shape index (κ1) is 25.5. The summed E-state index contributed by atoms with van der Waals surface area (Å²) in [6.07, 6.45) is 2.04. The van der Waals surface area contributed by atoms with E-state index in [1.807, 2.05) is 32.0 Å². The third-order valence-corrected chi connectivity index (χ3v) is 5.20. The van der Waals surface area contributed by atoms with Crippen LogP contribution in [0.3, 0.4) is 0 Å². The number of urea groups is 1. The standard InChI is InChI=1S/C25H30N6O4/c1-25(2,15-26)9-10-27-24(32)31-18-7-5-17(6-8-18)30-23-22-20(28-16-29-23)13-19(14-21(22)34-4)35-12-11-33-3/h5-8,13-14,16H,9-12H2,1-4H3,(H2,27,31,32)(H,28,29,30). The van der Waals surface area contributed by atoms with Gasteiger partial charge >= 0.3 is 6.03 Å². The van der Waals surface area contributed by atoms with Crippen LogP contribution < -0.4 is 25.4 Å². The average Bonchev–Trinajstić information content (AvgIpc) is 2.85. The fourth-order valence-corrected chi connectivity index (χ4v) is 3.20. The van der Waals surface area contributed by atoms with Gasteiger partial charge in [-0.3, -0.25) is 0 Å². The molecule has 0 saturated carbocycles.